The molecule has 7 heteroatoms. The first-order valence-corrected chi connectivity index (χ1v) is 15.4. The molecule has 3 heterocycles. The van der Waals surface area contributed by atoms with Crippen LogP contribution in [0.15, 0.2) is 54.6 Å². The standard InChI is InChI=1S/C36H38FN5O/c1-4-28-31(37)6-5-7-34(28)41-18-14-32-33(15-19-41)40-35(39-32)29-21-30(24(3)20-23(29)2)36(43)42-16-12-27(13-17-42)26-10-8-25(22-38)9-11-26/h5-11,20-21,27H,4,12-19H2,1-3H3,(H,39,40). The Balaban J connectivity index is 1.17. The number of fused-ring (bicyclic) bond motifs is 1. The predicted molar refractivity (Wildman–Crippen MR) is 168 cm³/mol. The van der Waals surface area contributed by atoms with Crippen molar-refractivity contribution in [3.05, 3.63) is 105 Å². The van der Waals surface area contributed by atoms with Crippen LogP contribution in [-0.4, -0.2) is 47.0 Å². The monoisotopic (exact) mass is 575 g/mol. The van der Waals surface area contributed by atoms with Crippen molar-refractivity contribution >= 4 is 11.6 Å². The molecule has 1 N–H and O–H groups in total. The van der Waals surface area contributed by atoms with Gasteiger partial charge in [-0.05, 0) is 86.1 Å². The van der Waals surface area contributed by atoms with Crippen molar-refractivity contribution in [1.29, 1.82) is 5.26 Å². The molecule has 1 saturated heterocycles. The molecule has 0 aliphatic carbocycles. The Kier molecular flexibility index (Phi) is 8.03. The number of piperidine rings is 1. The van der Waals surface area contributed by atoms with Crippen molar-refractivity contribution in [2.45, 2.75) is 58.8 Å². The largest absolute Gasteiger partial charge is 0.370 e. The van der Waals surface area contributed by atoms with Gasteiger partial charge in [-0.2, -0.15) is 5.26 Å². The lowest BCUT2D eigenvalue weighted by Gasteiger charge is -2.32. The Morgan fingerprint density at radius 1 is 1.02 bits per heavy atom. The van der Waals surface area contributed by atoms with Crippen LogP contribution < -0.4 is 4.90 Å². The van der Waals surface area contributed by atoms with Crippen molar-refractivity contribution in [3.63, 3.8) is 0 Å². The minimum Gasteiger partial charge on any atom is -0.370 e. The van der Waals surface area contributed by atoms with Crippen LogP contribution in [0.25, 0.3) is 11.4 Å². The minimum absolute atomic E-state index is 0.0719. The summed E-state index contributed by atoms with van der Waals surface area (Å²) in [6.07, 6.45) is 4.05. The molecule has 2 aliphatic rings. The molecule has 4 aromatic rings. The van der Waals surface area contributed by atoms with E-state index in [1.54, 1.807) is 12.1 Å². The molecule has 0 saturated carbocycles. The minimum atomic E-state index is -0.140. The van der Waals surface area contributed by atoms with E-state index in [0.29, 0.717) is 31.0 Å². The lowest BCUT2D eigenvalue weighted by Crippen LogP contribution is -2.38. The van der Waals surface area contributed by atoms with Gasteiger partial charge in [0.15, 0.2) is 0 Å². The van der Waals surface area contributed by atoms with Gasteiger partial charge in [-0.15, -0.1) is 0 Å². The van der Waals surface area contributed by atoms with Crippen molar-refractivity contribution in [2.24, 2.45) is 0 Å². The molecule has 0 spiro atoms. The molecular weight excluding hydrogens is 537 g/mol. The molecule has 43 heavy (non-hydrogen) atoms. The van der Waals surface area contributed by atoms with E-state index in [0.717, 1.165) is 89.5 Å². The zero-order valence-electron chi connectivity index (χ0n) is 25.2. The van der Waals surface area contributed by atoms with E-state index >= 15 is 0 Å². The maximum absolute atomic E-state index is 14.5. The van der Waals surface area contributed by atoms with Crippen LogP contribution in [0.3, 0.4) is 0 Å². The SMILES string of the molecule is CCc1c(F)cccc1N1CCc2nc(-c3cc(C(=O)N4CCC(c5ccc(C#N)cc5)CC4)c(C)cc3C)[nH]c2CC1. The fourth-order valence-corrected chi connectivity index (χ4v) is 6.77. The first-order chi connectivity index (χ1) is 20.9. The number of halogens is 1. The number of carbonyl (C=O) groups is 1. The fourth-order valence-electron chi connectivity index (χ4n) is 6.77. The molecule has 3 aromatic carbocycles. The van der Waals surface area contributed by atoms with Crippen LogP contribution in [0.4, 0.5) is 10.1 Å². The van der Waals surface area contributed by atoms with Gasteiger partial charge < -0.3 is 14.8 Å². The third kappa shape index (κ3) is 5.67. The summed E-state index contributed by atoms with van der Waals surface area (Å²) in [7, 11) is 0. The van der Waals surface area contributed by atoms with Crippen molar-refractivity contribution in [3.8, 4) is 17.5 Å². The lowest BCUT2D eigenvalue weighted by molar-refractivity contribution is 0.0712. The highest BCUT2D eigenvalue weighted by molar-refractivity contribution is 5.97. The summed E-state index contributed by atoms with van der Waals surface area (Å²) in [6, 6.07) is 19.5. The second-order valence-corrected chi connectivity index (χ2v) is 11.9. The second-order valence-electron chi connectivity index (χ2n) is 11.9. The highest BCUT2D eigenvalue weighted by Crippen LogP contribution is 2.32. The maximum Gasteiger partial charge on any atom is 0.254 e. The lowest BCUT2D eigenvalue weighted by atomic mass is 9.88. The summed E-state index contributed by atoms with van der Waals surface area (Å²) >= 11 is 0. The number of H-pyrrole nitrogens is 1. The summed E-state index contributed by atoms with van der Waals surface area (Å²) in [6.45, 7) is 9.08. The summed E-state index contributed by atoms with van der Waals surface area (Å²) in [5.74, 6) is 1.14. The zero-order chi connectivity index (χ0) is 30.1. The molecular formula is C36H38FN5O. The number of hydrogen-bond donors (Lipinski definition) is 1. The molecule has 1 amide bonds. The van der Waals surface area contributed by atoms with Crippen LogP contribution in [0.1, 0.15) is 75.2 Å². The number of aromatic amines is 1. The van der Waals surface area contributed by atoms with Gasteiger partial charge in [-0.3, -0.25) is 4.79 Å². The third-order valence-electron chi connectivity index (χ3n) is 9.25. The number of aryl methyl sites for hydroxylation is 2. The topological polar surface area (TPSA) is 76.0 Å². The molecule has 0 unspecified atom stereocenters. The van der Waals surface area contributed by atoms with Gasteiger partial charge in [0.05, 0.1) is 17.3 Å². The summed E-state index contributed by atoms with van der Waals surface area (Å²) < 4.78 is 14.5. The first kappa shape index (κ1) is 28.7. The van der Waals surface area contributed by atoms with E-state index in [9.17, 15) is 9.18 Å². The van der Waals surface area contributed by atoms with E-state index in [4.69, 9.17) is 10.2 Å². The highest BCUT2D eigenvalue weighted by Gasteiger charge is 2.27. The van der Waals surface area contributed by atoms with Gasteiger partial charge in [0.1, 0.15) is 11.6 Å². The predicted octanol–water partition coefficient (Wildman–Crippen LogP) is 6.89. The van der Waals surface area contributed by atoms with E-state index in [1.165, 1.54) is 5.56 Å². The molecule has 1 fully saturated rings. The Labute approximate surface area is 253 Å². The van der Waals surface area contributed by atoms with Crippen molar-refractivity contribution < 1.29 is 9.18 Å². The quantitative estimate of drug-likeness (QED) is 0.281. The van der Waals surface area contributed by atoms with Gasteiger partial charge >= 0.3 is 0 Å². The zero-order valence-corrected chi connectivity index (χ0v) is 25.2. The van der Waals surface area contributed by atoms with Gasteiger partial charge in [0.25, 0.3) is 5.91 Å². The normalized spacial score (nSPS) is 15.6. The Bertz CT molecular complexity index is 1670. The summed E-state index contributed by atoms with van der Waals surface area (Å²) in [4.78, 5) is 26.6. The van der Waals surface area contributed by atoms with Gasteiger partial charge in [-0.25, -0.2) is 9.37 Å². The van der Waals surface area contributed by atoms with E-state index in [1.807, 2.05) is 55.1 Å². The molecule has 2 aliphatic heterocycles. The number of likely N-dealkylation sites (tertiary alicyclic amines) is 1. The molecule has 0 bridgehead atoms. The average Bonchev–Trinajstić information content (AvgIpc) is 3.33. The Morgan fingerprint density at radius 3 is 2.49 bits per heavy atom. The smallest absolute Gasteiger partial charge is 0.254 e. The number of amides is 1. The number of nitrogens with zero attached hydrogens (tertiary/aromatic N) is 4. The number of rotatable bonds is 5. The van der Waals surface area contributed by atoms with Crippen LogP contribution in [0, 0.1) is 31.0 Å². The molecule has 220 valence electrons. The fraction of sp³-hybridized carbons (Fsp3) is 0.361. The number of nitrogens with one attached hydrogen (secondary N) is 1. The summed E-state index contributed by atoms with van der Waals surface area (Å²) in [5.41, 5.74) is 9.58. The van der Waals surface area contributed by atoms with E-state index in [2.05, 4.69) is 28.9 Å². The van der Waals surface area contributed by atoms with Crippen molar-refractivity contribution in [1.82, 2.24) is 14.9 Å². The maximum atomic E-state index is 14.5. The number of carbonyl (C=O) groups excluding carboxylic acids is 1. The van der Waals surface area contributed by atoms with Gasteiger partial charge in [-0.1, -0.05) is 31.2 Å². The van der Waals surface area contributed by atoms with Gasteiger partial charge in [0.2, 0.25) is 0 Å². The highest BCUT2D eigenvalue weighted by atomic mass is 19.1. The molecule has 0 radical (unpaired) electrons. The molecule has 0 atom stereocenters. The summed E-state index contributed by atoms with van der Waals surface area (Å²) in [5, 5.41) is 9.09. The number of benzene rings is 3. The van der Waals surface area contributed by atoms with Gasteiger partial charge in [0, 0.05) is 67.1 Å². The number of imidazole rings is 1. The first-order valence-electron chi connectivity index (χ1n) is 15.4. The molecule has 1 aromatic heterocycles. The number of hydrogen-bond acceptors (Lipinski definition) is 4. The second kappa shape index (κ2) is 12.0. The average molecular weight is 576 g/mol. The number of anilines is 1. The van der Waals surface area contributed by atoms with Crippen LogP contribution in [0.5, 0.6) is 0 Å². The Morgan fingerprint density at radius 2 is 1.77 bits per heavy atom. The molecule has 6 rings (SSSR count). The number of nitriles is 1. The van der Waals surface area contributed by atoms with Crippen LogP contribution in [-0.2, 0) is 19.3 Å². The van der Waals surface area contributed by atoms with E-state index in [-0.39, 0.29) is 11.7 Å². The van der Waals surface area contributed by atoms with Crippen LogP contribution in [0.2, 0.25) is 0 Å². The Hall–Kier alpha value is -4.44. The van der Waals surface area contributed by atoms with Crippen LogP contribution >= 0.6 is 0 Å². The van der Waals surface area contributed by atoms with Crippen molar-refractivity contribution in [2.75, 3.05) is 31.1 Å². The molecule has 6 nitrogen and oxygen atoms in total. The third-order valence-corrected chi connectivity index (χ3v) is 9.25. The van der Waals surface area contributed by atoms with E-state index < -0.39 is 0 Å². The number of aromatic nitrogens is 2.